The lowest BCUT2D eigenvalue weighted by molar-refractivity contribution is -0.127. The molecule has 138 valence electrons. The number of anilines is 1. The van der Waals surface area contributed by atoms with Crippen molar-refractivity contribution >= 4 is 40.9 Å². The predicted octanol–water partition coefficient (Wildman–Crippen LogP) is 3.60. The minimum Gasteiger partial charge on any atom is -0.484 e. The number of carbonyl (C=O) groups is 2. The Bertz CT molecular complexity index is 710. The van der Waals surface area contributed by atoms with Crippen molar-refractivity contribution < 1.29 is 14.3 Å². The minimum absolute atomic E-state index is 0.145. The lowest BCUT2D eigenvalue weighted by atomic mass is 10.2. The van der Waals surface area contributed by atoms with Gasteiger partial charge in [0.25, 0.3) is 5.91 Å². The summed E-state index contributed by atoms with van der Waals surface area (Å²) < 4.78 is 5.42. The third kappa shape index (κ3) is 6.98. The largest absolute Gasteiger partial charge is 0.484 e. The van der Waals surface area contributed by atoms with Crippen molar-refractivity contribution in [1.82, 2.24) is 5.32 Å². The van der Waals surface area contributed by atoms with Gasteiger partial charge in [-0.05, 0) is 54.8 Å². The van der Waals surface area contributed by atoms with E-state index in [1.807, 2.05) is 24.5 Å². The molecule has 2 aromatic rings. The summed E-state index contributed by atoms with van der Waals surface area (Å²) in [5, 5.41) is 6.12. The lowest BCUT2D eigenvalue weighted by Gasteiger charge is -2.18. The van der Waals surface area contributed by atoms with Crippen LogP contribution in [-0.2, 0) is 9.59 Å². The minimum atomic E-state index is -0.634. The number of thioether (sulfide) groups is 1. The number of nitrogens with one attached hydrogen (secondary N) is 2. The standard InChI is InChI=1S/C19H21ClN2O3S/c1-26-12-11-17(19(24)21-15-9-7-14(20)8-10-15)22-18(23)13-25-16-5-3-2-4-6-16/h2-10,17H,11-13H2,1H3,(H,21,24)(H,22,23). The van der Waals surface area contributed by atoms with E-state index in [-0.39, 0.29) is 18.4 Å². The van der Waals surface area contributed by atoms with Crippen LogP contribution in [0.25, 0.3) is 0 Å². The quantitative estimate of drug-likeness (QED) is 0.684. The highest BCUT2D eigenvalue weighted by atomic mass is 35.5. The van der Waals surface area contributed by atoms with E-state index in [9.17, 15) is 9.59 Å². The topological polar surface area (TPSA) is 67.4 Å². The molecule has 0 aliphatic heterocycles. The van der Waals surface area contributed by atoms with E-state index < -0.39 is 6.04 Å². The van der Waals surface area contributed by atoms with Crippen molar-refractivity contribution in [3.8, 4) is 5.75 Å². The fourth-order valence-electron chi connectivity index (χ4n) is 2.17. The molecule has 0 fully saturated rings. The van der Waals surface area contributed by atoms with Crippen LogP contribution < -0.4 is 15.4 Å². The van der Waals surface area contributed by atoms with Crippen LogP contribution >= 0.6 is 23.4 Å². The summed E-state index contributed by atoms with van der Waals surface area (Å²) in [5.41, 5.74) is 0.628. The molecular formula is C19H21ClN2O3S. The second-order valence-electron chi connectivity index (χ2n) is 5.50. The van der Waals surface area contributed by atoms with Crippen LogP contribution in [-0.4, -0.2) is 36.5 Å². The zero-order chi connectivity index (χ0) is 18.8. The van der Waals surface area contributed by atoms with Gasteiger partial charge in [-0.15, -0.1) is 0 Å². The Morgan fingerprint density at radius 2 is 1.81 bits per heavy atom. The number of hydrogen-bond donors (Lipinski definition) is 2. The first-order chi connectivity index (χ1) is 12.6. The number of hydrogen-bond acceptors (Lipinski definition) is 4. The summed E-state index contributed by atoms with van der Waals surface area (Å²) in [5.74, 6) is 0.744. The molecule has 2 aromatic carbocycles. The van der Waals surface area contributed by atoms with Crippen molar-refractivity contribution in [2.45, 2.75) is 12.5 Å². The van der Waals surface area contributed by atoms with E-state index in [4.69, 9.17) is 16.3 Å². The Kier molecular flexibility index (Phi) is 8.31. The van der Waals surface area contributed by atoms with Crippen LogP contribution in [0, 0.1) is 0 Å². The van der Waals surface area contributed by atoms with E-state index in [1.165, 1.54) is 0 Å². The molecule has 0 bridgehead atoms. The highest BCUT2D eigenvalue weighted by Crippen LogP contribution is 2.14. The monoisotopic (exact) mass is 392 g/mol. The molecule has 0 aliphatic rings. The molecule has 26 heavy (non-hydrogen) atoms. The summed E-state index contributed by atoms with van der Waals surface area (Å²) in [6.07, 6.45) is 2.48. The number of carbonyl (C=O) groups excluding carboxylic acids is 2. The van der Waals surface area contributed by atoms with Gasteiger partial charge in [0.05, 0.1) is 0 Å². The Morgan fingerprint density at radius 3 is 2.46 bits per heavy atom. The predicted molar refractivity (Wildman–Crippen MR) is 107 cm³/mol. The molecule has 0 radical (unpaired) electrons. The van der Waals surface area contributed by atoms with Crippen LogP contribution in [0.1, 0.15) is 6.42 Å². The molecule has 2 rings (SSSR count). The Balaban J connectivity index is 1.91. The van der Waals surface area contributed by atoms with Gasteiger partial charge in [0.2, 0.25) is 5.91 Å². The first-order valence-corrected chi connectivity index (χ1v) is 9.88. The number of rotatable bonds is 9. The highest BCUT2D eigenvalue weighted by molar-refractivity contribution is 7.98. The van der Waals surface area contributed by atoms with Gasteiger partial charge < -0.3 is 15.4 Å². The highest BCUT2D eigenvalue weighted by Gasteiger charge is 2.20. The van der Waals surface area contributed by atoms with Gasteiger partial charge in [0, 0.05) is 10.7 Å². The lowest BCUT2D eigenvalue weighted by Crippen LogP contribution is -2.45. The number of amides is 2. The van der Waals surface area contributed by atoms with Crippen molar-refractivity contribution in [2.24, 2.45) is 0 Å². The van der Waals surface area contributed by atoms with Gasteiger partial charge in [0.15, 0.2) is 6.61 Å². The maximum Gasteiger partial charge on any atom is 0.258 e. The van der Waals surface area contributed by atoms with Crippen molar-refractivity contribution in [3.05, 3.63) is 59.6 Å². The van der Waals surface area contributed by atoms with Crippen LogP contribution in [0.2, 0.25) is 5.02 Å². The smallest absolute Gasteiger partial charge is 0.258 e. The molecular weight excluding hydrogens is 372 g/mol. The molecule has 1 atom stereocenters. The van der Waals surface area contributed by atoms with Crippen LogP contribution in [0.4, 0.5) is 5.69 Å². The number of para-hydroxylation sites is 1. The summed E-state index contributed by atoms with van der Waals surface area (Å²) in [4.78, 5) is 24.7. The van der Waals surface area contributed by atoms with Crippen molar-refractivity contribution in [2.75, 3.05) is 23.9 Å². The summed E-state index contributed by atoms with van der Waals surface area (Å²) in [6, 6.07) is 15.2. The van der Waals surface area contributed by atoms with Gasteiger partial charge in [-0.1, -0.05) is 29.8 Å². The maximum absolute atomic E-state index is 12.5. The van der Waals surface area contributed by atoms with Crippen molar-refractivity contribution in [1.29, 1.82) is 0 Å². The average molecular weight is 393 g/mol. The fourth-order valence-corrected chi connectivity index (χ4v) is 2.77. The zero-order valence-electron chi connectivity index (χ0n) is 14.4. The van der Waals surface area contributed by atoms with E-state index in [0.29, 0.717) is 22.9 Å². The van der Waals surface area contributed by atoms with E-state index in [2.05, 4.69) is 10.6 Å². The van der Waals surface area contributed by atoms with Gasteiger partial charge in [-0.25, -0.2) is 0 Å². The van der Waals surface area contributed by atoms with E-state index in [1.54, 1.807) is 48.2 Å². The zero-order valence-corrected chi connectivity index (χ0v) is 16.0. The Morgan fingerprint density at radius 1 is 1.12 bits per heavy atom. The molecule has 5 nitrogen and oxygen atoms in total. The molecule has 0 aromatic heterocycles. The molecule has 0 saturated heterocycles. The van der Waals surface area contributed by atoms with Crippen LogP contribution in [0.5, 0.6) is 5.75 Å². The van der Waals surface area contributed by atoms with Crippen LogP contribution in [0.15, 0.2) is 54.6 Å². The Labute approximate surface area is 162 Å². The second-order valence-corrected chi connectivity index (χ2v) is 6.92. The van der Waals surface area contributed by atoms with E-state index in [0.717, 1.165) is 5.75 Å². The second kappa shape index (κ2) is 10.7. The van der Waals surface area contributed by atoms with Gasteiger partial charge in [0.1, 0.15) is 11.8 Å². The number of halogens is 1. The van der Waals surface area contributed by atoms with Gasteiger partial charge in [-0.3, -0.25) is 9.59 Å². The molecule has 0 saturated carbocycles. The Hall–Kier alpha value is -2.18. The first-order valence-electron chi connectivity index (χ1n) is 8.11. The molecule has 0 heterocycles. The molecule has 0 aliphatic carbocycles. The number of ether oxygens (including phenoxy) is 1. The first kappa shape index (κ1) is 20.1. The fraction of sp³-hybridized carbons (Fsp3) is 0.263. The normalized spacial score (nSPS) is 11.5. The van der Waals surface area contributed by atoms with Crippen LogP contribution in [0.3, 0.4) is 0 Å². The van der Waals surface area contributed by atoms with Gasteiger partial charge in [-0.2, -0.15) is 11.8 Å². The third-order valence-electron chi connectivity index (χ3n) is 3.49. The summed E-state index contributed by atoms with van der Waals surface area (Å²) >= 11 is 7.46. The molecule has 0 spiro atoms. The molecule has 2 N–H and O–H groups in total. The van der Waals surface area contributed by atoms with E-state index >= 15 is 0 Å². The SMILES string of the molecule is CSCCC(NC(=O)COc1ccccc1)C(=O)Nc1ccc(Cl)cc1. The molecule has 2 amide bonds. The number of benzene rings is 2. The van der Waals surface area contributed by atoms with Gasteiger partial charge >= 0.3 is 0 Å². The molecule has 1 unspecified atom stereocenters. The third-order valence-corrected chi connectivity index (χ3v) is 4.38. The average Bonchev–Trinajstić information content (AvgIpc) is 2.66. The molecule has 7 heteroatoms. The summed E-state index contributed by atoms with van der Waals surface area (Å²) in [7, 11) is 0. The summed E-state index contributed by atoms with van der Waals surface area (Å²) in [6.45, 7) is -0.145. The van der Waals surface area contributed by atoms with Crippen molar-refractivity contribution in [3.63, 3.8) is 0 Å². The maximum atomic E-state index is 12.5.